The Hall–Kier alpha value is -2.44. The average Bonchev–Trinajstić information content (AvgIpc) is 2.53. The molecule has 0 atom stereocenters. The molecule has 7 heteroatoms. The van der Waals surface area contributed by atoms with Crippen LogP contribution in [0.4, 0.5) is 4.79 Å². The first-order valence-electron chi connectivity index (χ1n) is 7.26. The number of ketones is 1. The Morgan fingerprint density at radius 2 is 2.09 bits per heavy atom. The van der Waals surface area contributed by atoms with Crippen molar-refractivity contribution < 1.29 is 19.1 Å². The second-order valence-corrected chi connectivity index (χ2v) is 4.94. The minimum absolute atomic E-state index is 0.118. The van der Waals surface area contributed by atoms with Crippen LogP contribution in [0.3, 0.4) is 0 Å². The van der Waals surface area contributed by atoms with Gasteiger partial charge in [0.05, 0.1) is 18.8 Å². The van der Waals surface area contributed by atoms with E-state index in [4.69, 9.17) is 4.74 Å². The molecule has 0 spiro atoms. The standard InChI is InChI=1S/C15H19N3O4/c1-2-22-15(21)17-10-12-9-11(3-6-16-12)14(20)18-7-4-13(19)5-8-18/h3,6,9H,2,4-5,7-8,10H2,1H3,(H,17,21). The summed E-state index contributed by atoms with van der Waals surface area (Å²) in [6, 6.07) is 3.28. The van der Waals surface area contributed by atoms with Gasteiger partial charge in [-0.3, -0.25) is 14.6 Å². The van der Waals surface area contributed by atoms with Gasteiger partial charge in [0.25, 0.3) is 5.91 Å². The van der Waals surface area contributed by atoms with Crippen molar-refractivity contribution >= 4 is 17.8 Å². The number of hydrogen-bond donors (Lipinski definition) is 1. The monoisotopic (exact) mass is 305 g/mol. The summed E-state index contributed by atoms with van der Waals surface area (Å²) in [7, 11) is 0. The molecule has 7 nitrogen and oxygen atoms in total. The van der Waals surface area contributed by atoms with E-state index in [1.165, 1.54) is 6.20 Å². The molecule has 1 aromatic heterocycles. The van der Waals surface area contributed by atoms with E-state index in [1.54, 1.807) is 24.0 Å². The van der Waals surface area contributed by atoms with Crippen LogP contribution in [0.15, 0.2) is 18.3 Å². The second kappa shape index (κ2) is 7.53. The number of nitrogens with one attached hydrogen (secondary N) is 1. The van der Waals surface area contributed by atoms with E-state index in [1.807, 2.05) is 0 Å². The molecule has 0 unspecified atom stereocenters. The van der Waals surface area contributed by atoms with Crippen LogP contribution in [0, 0.1) is 0 Å². The van der Waals surface area contributed by atoms with Crippen LogP contribution in [0.2, 0.25) is 0 Å². The maximum atomic E-state index is 12.4. The number of likely N-dealkylation sites (tertiary alicyclic amines) is 1. The molecule has 0 aliphatic carbocycles. The molecule has 22 heavy (non-hydrogen) atoms. The van der Waals surface area contributed by atoms with E-state index in [9.17, 15) is 14.4 Å². The van der Waals surface area contributed by atoms with E-state index in [2.05, 4.69) is 10.3 Å². The van der Waals surface area contributed by atoms with Gasteiger partial charge in [-0.15, -0.1) is 0 Å². The summed E-state index contributed by atoms with van der Waals surface area (Å²) in [6.07, 6.45) is 1.84. The number of pyridine rings is 1. The van der Waals surface area contributed by atoms with Crippen molar-refractivity contribution in [3.8, 4) is 0 Å². The van der Waals surface area contributed by atoms with Gasteiger partial charge in [-0.2, -0.15) is 0 Å². The van der Waals surface area contributed by atoms with Gasteiger partial charge in [-0.1, -0.05) is 0 Å². The van der Waals surface area contributed by atoms with Crippen LogP contribution in [0.5, 0.6) is 0 Å². The van der Waals surface area contributed by atoms with Crippen LogP contribution >= 0.6 is 0 Å². The predicted octanol–water partition coefficient (Wildman–Crippen LogP) is 1.13. The number of hydrogen-bond acceptors (Lipinski definition) is 5. The maximum Gasteiger partial charge on any atom is 0.407 e. The zero-order chi connectivity index (χ0) is 15.9. The molecule has 1 aromatic rings. The number of alkyl carbamates (subject to hydrolysis) is 1. The van der Waals surface area contributed by atoms with Gasteiger partial charge < -0.3 is 15.0 Å². The Morgan fingerprint density at radius 1 is 1.36 bits per heavy atom. The van der Waals surface area contributed by atoms with Crippen molar-refractivity contribution in [3.63, 3.8) is 0 Å². The van der Waals surface area contributed by atoms with E-state index >= 15 is 0 Å². The highest BCUT2D eigenvalue weighted by Crippen LogP contribution is 2.12. The summed E-state index contributed by atoms with van der Waals surface area (Å²) in [5, 5.41) is 2.56. The SMILES string of the molecule is CCOC(=O)NCc1cc(C(=O)N2CCC(=O)CC2)ccn1. The lowest BCUT2D eigenvalue weighted by atomic mass is 10.1. The van der Waals surface area contributed by atoms with Crippen molar-refractivity contribution in [1.82, 2.24) is 15.2 Å². The van der Waals surface area contributed by atoms with E-state index in [-0.39, 0.29) is 18.2 Å². The van der Waals surface area contributed by atoms with Gasteiger partial charge in [-0.05, 0) is 19.1 Å². The Labute approximate surface area is 128 Å². The van der Waals surface area contributed by atoms with Crippen LogP contribution in [0.1, 0.15) is 35.8 Å². The van der Waals surface area contributed by atoms with Crippen molar-refractivity contribution in [2.45, 2.75) is 26.3 Å². The first-order chi connectivity index (χ1) is 10.6. The zero-order valence-corrected chi connectivity index (χ0v) is 12.5. The maximum absolute atomic E-state index is 12.4. The van der Waals surface area contributed by atoms with E-state index < -0.39 is 6.09 Å². The molecule has 118 valence electrons. The van der Waals surface area contributed by atoms with Gasteiger partial charge in [0.2, 0.25) is 0 Å². The van der Waals surface area contributed by atoms with E-state index in [0.29, 0.717) is 43.8 Å². The Kier molecular flexibility index (Phi) is 5.46. The Bertz CT molecular complexity index is 564. The first kappa shape index (κ1) is 15.9. The van der Waals surface area contributed by atoms with Crippen LogP contribution < -0.4 is 5.32 Å². The van der Waals surface area contributed by atoms with Crippen molar-refractivity contribution in [2.24, 2.45) is 0 Å². The van der Waals surface area contributed by atoms with Gasteiger partial charge in [0.1, 0.15) is 5.78 Å². The normalized spacial score (nSPS) is 14.6. The molecular weight excluding hydrogens is 286 g/mol. The Balaban J connectivity index is 1.97. The highest BCUT2D eigenvalue weighted by molar-refractivity contribution is 5.95. The molecule has 0 radical (unpaired) electrons. The molecule has 2 heterocycles. The molecule has 2 amide bonds. The predicted molar refractivity (Wildman–Crippen MR) is 78.2 cm³/mol. The number of amides is 2. The highest BCUT2D eigenvalue weighted by atomic mass is 16.5. The molecule has 2 rings (SSSR count). The third-order valence-corrected chi connectivity index (χ3v) is 3.36. The van der Waals surface area contributed by atoms with Gasteiger partial charge in [-0.25, -0.2) is 4.79 Å². The molecule has 0 saturated carbocycles. The molecule has 1 aliphatic heterocycles. The fraction of sp³-hybridized carbons (Fsp3) is 0.467. The van der Waals surface area contributed by atoms with Crippen LogP contribution in [-0.4, -0.2) is 47.4 Å². The number of carbonyl (C=O) groups excluding carboxylic acids is 3. The van der Waals surface area contributed by atoms with Gasteiger partial charge >= 0.3 is 6.09 Å². The average molecular weight is 305 g/mol. The number of piperidine rings is 1. The van der Waals surface area contributed by atoms with Crippen molar-refractivity contribution in [2.75, 3.05) is 19.7 Å². The highest BCUT2D eigenvalue weighted by Gasteiger charge is 2.22. The number of aromatic nitrogens is 1. The number of carbonyl (C=O) groups is 3. The summed E-state index contributed by atoms with van der Waals surface area (Å²) in [5.74, 6) is 0.0744. The topological polar surface area (TPSA) is 88.6 Å². The summed E-state index contributed by atoms with van der Waals surface area (Å²) < 4.78 is 4.76. The summed E-state index contributed by atoms with van der Waals surface area (Å²) >= 11 is 0. The third kappa shape index (κ3) is 4.28. The van der Waals surface area contributed by atoms with Crippen LogP contribution in [0.25, 0.3) is 0 Å². The molecule has 1 aliphatic rings. The molecular formula is C15H19N3O4. The molecule has 1 saturated heterocycles. The van der Waals surface area contributed by atoms with Crippen molar-refractivity contribution in [1.29, 1.82) is 0 Å². The third-order valence-electron chi connectivity index (χ3n) is 3.36. The Morgan fingerprint density at radius 3 is 2.77 bits per heavy atom. The first-order valence-corrected chi connectivity index (χ1v) is 7.26. The van der Waals surface area contributed by atoms with Gasteiger partial charge in [0, 0.05) is 37.7 Å². The fourth-order valence-corrected chi connectivity index (χ4v) is 2.19. The molecule has 1 fully saturated rings. The number of nitrogens with zero attached hydrogens (tertiary/aromatic N) is 2. The summed E-state index contributed by atoms with van der Waals surface area (Å²) in [4.78, 5) is 40.6. The quantitative estimate of drug-likeness (QED) is 0.901. The minimum Gasteiger partial charge on any atom is -0.450 e. The van der Waals surface area contributed by atoms with Crippen LogP contribution in [-0.2, 0) is 16.1 Å². The lowest BCUT2D eigenvalue weighted by Crippen LogP contribution is -2.38. The lowest BCUT2D eigenvalue weighted by Gasteiger charge is -2.26. The number of ether oxygens (including phenoxy) is 1. The second-order valence-electron chi connectivity index (χ2n) is 4.94. The number of Topliss-reactive ketones (excluding diaryl/α,β-unsaturated/α-hetero) is 1. The smallest absolute Gasteiger partial charge is 0.407 e. The minimum atomic E-state index is -0.518. The summed E-state index contributed by atoms with van der Waals surface area (Å²) in [6.45, 7) is 3.12. The largest absolute Gasteiger partial charge is 0.450 e. The van der Waals surface area contributed by atoms with Gasteiger partial charge in [0.15, 0.2) is 0 Å². The van der Waals surface area contributed by atoms with E-state index in [0.717, 1.165) is 0 Å². The number of rotatable bonds is 4. The molecule has 0 bridgehead atoms. The zero-order valence-electron chi connectivity index (χ0n) is 12.5. The summed E-state index contributed by atoms with van der Waals surface area (Å²) in [5.41, 5.74) is 1.08. The van der Waals surface area contributed by atoms with Crippen molar-refractivity contribution in [3.05, 3.63) is 29.6 Å². The fourth-order valence-electron chi connectivity index (χ4n) is 2.19. The molecule has 1 N–H and O–H groups in total. The molecule has 0 aromatic carbocycles. The lowest BCUT2D eigenvalue weighted by molar-refractivity contribution is -0.120.